The minimum atomic E-state index is 0.0255. The minimum Gasteiger partial charge on any atom is -0.282 e. The van der Waals surface area contributed by atoms with Crippen LogP contribution in [0.15, 0.2) is 21.3 Å². The van der Waals surface area contributed by atoms with Gasteiger partial charge in [-0.3, -0.25) is 4.79 Å². The van der Waals surface area contributed by atoms with Gasteiger partial charge in [-0.2, -0.15) is 0 Å². The van der Waals surface area contributed by atoms with Crippen molar-refractivity contribution in [3.63, 3.8) is 0 Å². The summed E-state index contributed by atoms with van der Waals surface area (Å²) < 4.78 is 1.98. The van der Waals surface area contributed by atoms with Crippen LogP contribution >= 0.6 is 46.6 Å². The third kappa shape index (κ3) is 5.94. The molecule has 0 N–H and O–H groups in total. The normalized spacial score (nSPS) is 12.4. The van der Waals surface area contributed by atoms with Crippen molar-refractivity contribution < 1.29 is 4.79 Å². The molecule has 0 aliphatic heterocycles. The lowest BCUT2D eigenvalue weighted by Gasteiger charge is -2.05. The number of hydrogen-bond acceptors (Lipinski definition) is 7. The third-order valence-corrected chi connectivity index (χ3v) is 6.09. The predicted octanol–water partition coefficient (Wildman–Crippen LogP) is 3.58. The standard InChI is InChI=1S/C10H14N2OS4/c1-4-8(13)16-7(3)6-15-10-12-11-9(17-10)14-5-2/h4,7H,1,5-6H2,2-3H3. The number of carbonyl (C=O) groups excluding carboxylic acids is 1. The van der Waals surface area contributed by atoms with Gasteiger partial charge in [0.05, 0.1) is 0 Å². The van der Waals surface area contributed by atoms with Crippen LogP contribution in [0.5, 0.6) is 0 Å². The molecule has 94 valence electrons. The van der Waals surface area contributed by atoms with Crippen LogP contribution in [0.2, 0.25) is 0 Å². The molecule has 0 spiro atoms. The fourth-order valence-electron chi connectivity index (χ4n) is 0.906. The quantitative estimate of drug-likeness (QED) is 0.566. The van der Waals surface area contributed by atoms with Gasteiger partial charge in [-0.05, 0) is 11.8 Å². The number of hydrogen-bond donors (Lipinski definition) is 0. The maximum atomic E-state index is 11.1. The van der Waals surface area contributed by atoms with E-state index in [0.29, 0.717) is 0 Å². The molecule has 1 unspecified atom stereocenters. The largest absolute Gasteiger partial charge is 0.282 e. The summed E-state index contributed by atoms with van der Waals surface area (Å²) in [6.45, 7) is 7.58. The Labute approximate surface area is 118 Å². The van der Waals surface area contributed by atoms with Gasteiger partial charge >= 0.3 is 0 Å². The van der Waals surface area contributed by atoms with E-state index in [1.54, 1.807) is 34.9 Å². The van der Waals surface area contributed by atoms with Gasteiger partial charge in [0.25, 0.3) is 0 Å². The number of thioether (sulfide) groups is 3. The van der Waals surface area contributed by atoms with Crippen molar-refractivity contribution in [2.45, 2.75) is 27.8 Å². The lowest BCUT2D eigenvalue weighted by Crippen LogP contribution is -2.03. The molecule has 17 heavy (non-hydrogen) atoms. The van der Waals surface area contributed by atoms with Gasteiger partial charge in [0.2, 0.25) is 5.12 Å². The van der Waals surface area contributed by atoms with Crippen LogP contribution in [0, 0.1) is 0 Å². The van der Waals surface area contributed by atoms with E-state index in [4.69, 9.17) is 0 Å². The number of carbonyl (C=O) groups is 1. The van der Waals surface area contributed by atoms with Crippen LogP contribution in [0.25, 0.3) is 0 Å². The Balaban J connectivity index is 2.33. The Kier molecular flexibility index (Phi) is 7.26. The van der Waals surface area contributed by atoms with Crippen molar-refractivity contribution >= 4 is 51.7 Å². The molecule has 0 amide bonds. The topological polar surface area (TPSA) is 42.9 Å². The fraction of sp³-hybridized carbons (Fsp3) is 0.500. The van der Waals surface area contributed by atoms with Crippen molar-refractivity contribution in [3.05, 3.63) is 12.7 Å². The first-order valence-electron chi connectivity index (χ1n) is 5.07. The van der Waals surface area contributed by atoms with Gasteiger partial charge in [-0.15, -0.1) is 10.2 Å². The highest BCUT2D eigenvalue weighted by Crippen LogP contribution is 2.30. The van der Waals surface area contributed by atoms with Gasteiger partial charge < -0.3 is 0 Å². The number of nitrogens with zero attached hydrogens (tertiary/aromatic N) is 2. The highest BCUT2D eigenvalue weighted by molar-refractivity contribution is 8.15. The average molecular weight is 307 g/mol. The zero-order chi connectivity index (χ0) is 12.7. The van der Waals surface area contributed by atoms with E-state index in [0.717, 1.165) is 20.2 Å². The SMILES string of the molecule is C=CC(=O)SC(C)CSc1nnc(SCC)s1. The molecule has 1 heterocycles. The molecule has 3 nitrogen and oxygen atoms in total. The monoisotopic (exact) mass is 306 g/mol. The molecule has 0 aliphatic rings. The molecule has 1 rings (SSSR count). The maximum Gasteiger partial charge on any atom is 0.211 e. The second kappa shape index (κ2) is 8.18. The molecule has 0 saturated carbocycles. The Morgan fingerprint density at radius 1 is 1.47 bits per heavy atom. The molecule has 1 aromatic heterocycles. The first-order valence-corrected chi connectivity index (χ1v) is 8.74. The molecule has 0 aliphatic carbocycles. The second-order valence-corrected chi connectivity index (χ2v) is 8.23. The van der Waals surface area contributed by atoms with Crippen molar-refractivity contribution in [1.29, 1.82) is 0 Å². The van der Waals surface area contributed by atoms with Crippen LogP contribution in [-0.4, -0.2) is 32.1 Å². The molecule has 0 aromatic carbocycles. The molecule has 0 saturated heterocycles. The van der Waals surface area contributed by atoms with E-state index in [1.165, 1.54) is 17.8 Å². The van der Waals surface area contributed by atoms with Crippen LogP contribution < -0.4 is 0 Å². The van der Waals surface area contributed by atoms with Gasteiger partial charge in [0, 0.05) is 11.0 Å². The van der Waals surface area contributed by atoms with Crippen LogP contribution in [-0.2, 0) is 4.79 Å². The minimum absolute atomic E-state index is 0.0255. The predicted molar refractivity (Wildman–Crippen MR) is 79.3 cm³/mol. The van der Waals surface area contributed by atoms with Crippen molar-refractivity contribution in [1.82, 2.24) is 10.2 Å². The molecule has 1 atom stereocenters. The van der Waals surface area contributed by atoms with Crippen molar-refractivity contribution in [2.75, 3.05) is 11.5 Å². The van der Waals surface area contributed by atoms with Crippen molar-refractivity contribution in [3.8, 4) is 0 Å². The summed E-state index contributed by atoms with van der Waals surface area (Å²) in [7, 11) is 0. The Bertz CT molecular complexity index is 380. The van der Waals surface area contributed by atoms with E-state index in [1.807, 2.05) is 6.92 Å². The molecule has 0 radical (unpaired) electrons. The summed E-state index contributed by atoms with van der Waals surface area (Å²) in [6, 6.07) is 0. The average Bonchev–Trinajstić information content (AvgIpc) is 2.74. The number of rotatable bonds is 7. The van der Waals surface area contributed by atoms with E-state index in [2.05, 4.69) is 23.7 Å². The van der Waals surface area contributed by atoms with Crippen LogP contribution in [0.4, 0.5) is 0 Å². The van der Waals surface area contributed by atoms with Crippen LogP contribution in [0.3, 0.4) is 0 Å². The van der Waals surface area contributed by atoms with Gasteiger partial charge in [0.15, 0.2) is 8.68 Å². The second-order valence-electron chi connectivity index (χ2n) is 3.03. The molecule has 7 heteroatoms. The first-order chi connectivity index (χ1) is 8.15. The molecular formula is C10H14N2OS4. The van der Waals surface area contributed by atoms with E-state index in [-0.39, 0.29) is 10.4 Å². The Hall–Kier alpha value is 0.0200. The van der Waals surface area contributed by atoms with Gasteiger partial charge in [0.1, 0.15) is 0 Å². The summed E-state index contributed by atoms with van der Waals surface area (Å²) in [4.78, 5) is 11.1. The molecule has 0 bridgehead atoms. The maximum absolute atomic E-state index is 11.1. The van der Waals surface area contributed by atoms with Gasteiger partial charge in [-0.25, -0.2) is 0 Å². The Morgan fingerprint density at radius 2 is 2.12 bits per heavy atom. The van der Waals surface area contributed by atoms with E-state index in [9.17, 15) is 4.79 Å². The van der Waals surface area contributed by atoms with E-state index < -0.39 is 0 Å². The highest BCUT2D eigenvalue weighted by Gasteiger charge is 2.10. The third-order valence-electron chi connectivity index (χ3n) is 1.58. The van der Waals surface area contributed by atoms with E-state index >= 15 is 0 Å². The zero-order valence-corrected chi connectivity index (χ0v) is 13.0. The highest BCUT2D eigenvalue weighted by atomic mass is 32.2. The summed E-state index contributed by atoms with van der Waals surface area (Å²) in [5.74, 6) is 1.87. The lowest BCUT2D eigenvalue weighted by atomic mass is 10.6. The summed E-state index contributed by atoms with van der Waals surface area (Å²) in [6.07, 6.45) is 1.35. The summed E-state index contributed by atoms with van der Waals surface area (Å²) >= 11 is 6.28. The molecule has 1 aromatic rings. The summed E-state index contributed by atoms with van der Waals surface area (Å²) in [5, 5.41) is 8.47. The first kappa shape index (κ1) is 15.1. The molecule has 0 fully saturated rings. The van der Waals surface area contributed by atoms with Gasteiger partial charge in [-0.1, -0.05) is 67.0 Å². The Morgan fingerprint density at radius 3 is 2.71 bits per heavy atom. The van der Waals surface area contributed by atoms with Crippen LogP contribution in [0.1, 0.15) is 13.8 Å². The number of aromatic nitrogens is 2. The smallest absolute Gasteiger partial charge is 0.211 e. The molecular weight excluding hydrogens is 292 g/mol. The zero-order valence-electron chi connectivity index (χ0n) is 9.71. The lowest BCUT2D eigenvalue weighted by molar-refractivity contribution is -0.107. The van der Waals surface area contributed by atoms with Crippen molar-refractivity contribution in [2.24, 2.45) is 0 Å². The summed E-state index contributed by atoms with van der Waals surface area (Å²) in [5.41, 5.74) is 0. The fourth-order valence-corrected chi connectivity index (χ4v) is 4.67.